The van der Waals surface area contributed by atoms with Crippen LogP contribution in [-0.2, 0) is 9.47 Å². The van der Waals surface area contributed by atoms with E-state index in [1.807, 2.05) is 0 Å². The zero-order valence-corrected chi connectivity index (χ0v) is 11.9. The van der Waals surface area contributed by atoms with E-state index in [1.165, 1.54) is 32.1 Å². The summed E-state index contributed by atoms with van der Waals surface area (Å²) in [7, 11) is 0. The van der Waals surface area contributed by atoms with Crippen molar-refractivity contribution in [1.29, 1.82) is 0 Å². The summed E-state index contributed by atoms with van der Waals surface area (Å²) in [6, 6.07) is 0. The van der Waals surface area contributed by atoms with E-state index in [0.29, 0.717) is 13.2 Å². The average Bonchev–Trinajstić information content (AvgIpc) is 2.35. The van der Waals surface area contributed by atoms with Crippen LogP contribution >= 0.6 is 0 Å². The summed E-state index contributed by atoms with van der Waals surface area (Å²) >= 11 is 0. The van der Waals surface area contributed by atoms with E-state index in [2.05, 4.69) is 6.92 Å². The Hall–Kier alpha value is -0.160. The van der Waals surface area contributed by atoms with Crippen LogP contribution in [0.5, 0.6) is 0 Å². The maximum atomic E-state index is 9.10. The Kier molecular flexibility index (Phi) is 13.2. The van der Waals surface area contributed by atoms with Crippen molar-refractivity contribution in [2.75, 3.05) is 26.4 Å². The second-order valence-electron chi connectivity index (χ2n) is 4.83. The number of aliphatic hydroxyl groups is 2. The molecule has 2 atom stereocenters. The molecule has 2 unspecified atom stereocenters. The third-order valence-electron chi connectivity index (χ3n) is 2.72. The van der Waals surface area contributed by atoms with Crippen molar-refractivity contribution in [1.82, 2.24) is 0 Å². The van der Waals surface area contributed by atoms with Crippen LogP contribution in [0.3, 0.4) is 0 Å². The molecule has 18 heavy (non-hydrogen) atoms. The van der Waals surface area contributed by atoms with Gasteiger partial charge < -0.3 is 19.7 Å². The predicted octanol–water partition coefficient (Wildman–Crippen LogP) is 2.12. The Labute approximate surface area is 111 Å². The van der Waals surface area contributed by atoms with Gasteiger partial charge in [0.05, 0.1) is 25.9 Å². The van der Waals surface area contributed by atoms with E-state index in [0.717, 1.165) is 6.42 Å². The van der Waals surface area contributed by atoms with Gasteiger partial charge in [0.2, 0.25) is 0 Å². The van der Waals surface area contributed by atoms with E-state index in [-0.39, 0.29) is 19.3 Å². The van der Waals surface area contributed by atoms with E-state index in [4.69, 9.17) is 19.7 Å². The largest absolute Gasteiger partial charge is 0.394 e. The summed E-state index contributed by atoms with van der Waals surface area (Å²) in [4.78, 5) is 0. The monoisotopic (exact) mass is 262 g/mol. The fraction of sp³-hybridized carbons (Fsp3) is 1.00. The van der Waals surface area contributed by atoms with Crippen molar-refractivity contribution in [3.8, 4) is 0 Å². The number of hydrogen-bond donors (Lipinski definition) is 2. The first-order chi connectivity index (χ1) is 8.70. The van der Waals surface area contributed by atoms with Gasteiger partial charge in [0.25, 0.3) is 0 Å². The molecule has 0 aliphatic rings. The fourth-order valence-electron chi connectivity index (χ4n) is 1.66. The minimum Gasteiger partial charge on any atom is -0.394 e. The van der Waals surface area contributed by atoms with Gasteiger partial charge in [-0.2, -0.15) is 0 Å². The highest BCUT2D eigenvalue weighted by atomic mass is 16.5. The van der Waals surface area contributed by atoms with Crippen molar-refractivity contribution >= 4 is 0 Å². The molecule has 0 saturated carbocycles. The second kappa shape index (κ2) is 13.3. The molecule has 0 aromatic carbocycles. The molecule has 0 bridgehead atoms. The van der Waals surface area contributed by atoms with E-state index < -0.39 is 6.10 Å². The second-order valence-corrected chi connectivity index (χ2v) is 4.83. The van der Waals surface area contributed by atoms with Crippen LogP contribution in [0.15, 0.2) is 0 Å². The first kappa shape index (κ1) is 17.8. The zero-order chi connectivity index (χ0) is 13.6. The molecule has 4 heteroatoms. The molecule has 110 valence electrons. The molecule has 0 saturated heterocycles. The molecule has 0 aliphatic heterocycles. The number of unbranched alkanes of at least 4 members (excludes halogenated alkanes) is 5. The quantitative estimate of drug-likeness (QED) is 0.499. The smallest absolute Gasteiger partial charge is 0.104 e. The Balaban J connectivity index is 3.33. The van der Waals surface area contributed by atoms with Crippen LogP contribution in [0.25, 0.3) is 0 Å². The van der Waals surface area contributed by atoms with Gasteiger partial charge in [-0.25, -0.2) is 0 Å². The summed E-state index contributed by atoms with van der Waals surface area (Å²) in [5.74, 6) is 0. The predicted molar refractivity (Wildman–Crippen MR) is 72.7 cm³/mol. The average molecular weight is 262 g/mol. The van der Waals surface area contributed by atoms with Gasteiger partial charge >= 0.3 is 0 Å². The molecule has 0 amide bonds. The van der Waals surface area contributed by atoms with Gasteiger partial charge in [-0.3, -0.25) is 0 Å². The summed E-state index contributed by atoms with van der Waals surface area (Å²) in [6.45, 7) is 5.16. The normalized spacial score (nSPS) is 14.7. The van der Waals surface area contributed by atoms with Gasteiger partial charge in [0.15, 0.2) is 0 Å². The van der Waals surface area contributed by atoms with E-state index in [1.54, 1.807) is 6.92 Å². The lowest BCUT2D eigenvalue weighted by Gasteiger charge is -2.16. The molecule has 0 aromatic rings. The van der Waals surface area contributed by atoms with Crippen LogP contribution in [-0.4, -0.2) is 48.8 Å². The Bertz CT molecular complexity index is 162. The minimum absolute atomic E-state index is 0.0321. The van der Waals surface area contributed by atoms with Crippen LogP contribution in [0.1, 0.15) is 52.4 Å². The lowest BCUT2D eigenvalue weighted by molar-refractivity contribution is -0.0567. The third kappa shape index (κ3) is 12.3. The molecule has 2 N–H and O–H groups in total. The summed E-state index contributed by atoms with van der Waals surface area (Å²) in [5.41, 5.74) is 0. The first-order valence-corrected chi connectivity index (χ1v) is 7.19. The molecule has 0 aromatic heterocycles. The Morgan fingerprint density at radius 1 is 1.00 bits per heavy atom. The summed E-state index contributed by atoms with van der Waals surface area (Å²) < 4.78 is 10.7. The molecule has 0 spiro atoms. The van der Waals surface area contributed by atoms with Crippen LogP contribution in [0, 0.1) is 0 Å². The maximum absolute atomic E-state index is 9.10. The van der Waals surface area contributed by atoms with E-state index >= 15 is 0 Å². The lowest BCUT2D eigenvalue weighted by atomic mass is 10.1. The molecule has 4 nitrogen and oxygen atoms in total. The van der Waals surface area contributed by atoms with Crippen LogP contribution < -0.4 is 0 Å². The highest BCUT2D eigenvalue weighted by Gasteiger charge is 2.08. The Morgan fingerprint density at radius 2 is 1.67 bits per heavy atom. The van der Waals surface area contributed by atoms with Crippen molar-refractivity contribution in [2.24, 2.45) is 0 Å². The molecule has 0 aliphatic carbocycles. The van der Waals surface area contributed by atoms with E-state index in [9.17, 15) is 0 Å². The van der Waals surface area contributed by atoms with Crippen molar-refractivity contribution < 1.29 is 19.7 Å². The topological polar surface area (TPSA) is 58.9 Å². The zero-order valence-electron chi connectivity index (χ0n) is 11.9. The molecular formula is C14H30O4. The Morgan fingerprint density at radius 3 is 2.28 bits per heavy atom. The van der Waals surface area contributed by atoms with Gasteiger partial charge in [0.1, 0.15) is 6.10 Å². The SMILES string of the molecule is CCCCCCCCOC(CO)COCC(C)O. The number of aliphatic hydroxyl groups excluding tert-OH is 2. The highest BCUT2D eigenvalue weighted by molar-refractivity contribution is 4.55. The summed E-state index contributed by atoms with van der Waals surface area (Å²) in [6.07, 6.45) is 6.64. The highest BCUT2D eigenvalue weighted by Crippen LogP contribution is 2.05. The van der Waals surface area contributed by atoms with Gasteiger partial charge in [-0.1, -0.05) is 39.0 Å². The van der Waals surface area contributed by atoms with Crippen molar-refractivity contribution in [2.45, 2.75) is 64.6 Å². The number of ether oxygens (including phenoxy) is 2. The van der Waals surface area contributed by atoms with Gasteiger partial charge in [0, 0.05) is 6.61 Å². The first-order valence-electron chi connectivity index (χ1n) is 7.19. The maximum Gasteiger partial charge on any atom is 0.104 e. The molecule has 0 heterocycles. The molecule has 0 rings (SSSR count). The standard InChI is InChI=1S/C14H30O4/c1-3-4-5-6-7-8-9-18-14(10-15)12-17-11-13(2)16/h13-16H,3-12H2,1-2H3. The van der Waals surface area contributed by atoms with Gasteiger partial charge in [-0.15, -0.1) is 0 Å². The fourth-order valence-corrected chi connectivity index (χ4v) is 1.66. The van der Waals surface area contributed by atoms with Gasteiger partial charge in [-0.05, 0) is 13.3 Å². The van der Waals surface area contributed by atoms with Crippen molar-refractivity contribution in [3.05, 3.63) is 0 Å². The number of rotatable bonds is 13. The summed E-state index contributed by atoms with van der Waals surface area (Å²) in [5, 5.41) is 18.1. The van der Waals surface area contributed by atoms with Crippen LogP contribution in [0.4, 0.5) is 0 Å². The number of hydrogen-bond acceptors (Lipinski definition) is 4. The minimum atomic E-state index is -0.470. The molecular weight excluding hydrogens is 232 g/mol. The van der Waals surface area contributed by atoms with Crippen molar-refractivity contribution in [3.63, 3.8) is 0 Å². The molecule has 0 radical (unpaired) electrons. The molecule has 0 fully saturated rings. The van der Waals surface area contributed by atoms with Crippen LogP contribution in [0.2, 0.25) is 0 Å². The third-order valence-corrected chi connectivity index (χ3v) is 2.72. The lowest BCUT2D eigenvalue weighted by Crippen LogP contribution is -2.26.